The molecule has 2 rings (SSSR count). The molecule has 2 aliphatic rings. The molecule has 0 aromatic heterocycles. The molecule has 0 spiro atoms. The van der Waals surface area contributed by atoms with Gasteiger partial charge >= 0.3 is 0 Å². The second kappa shape index (κ2) is 3.82. The lowest BCUT2D eigenvalue weighted by atomic mass is 9.70. The van der Waals surface area contributed by atoms with Gasteiger partial charge in [0.1, 0.15) is 0 Å². The highest BCUT2D eigenvalue weighted by Gasteiger charge is 2.35. The molecule has 1 N–H and O–H groups in total. The summed E-state index contributed by atoms with van der Waals surface area (Å²) in [4.78, 5) is 2.66. The minimum absolute atomic E-state index is 0.650. The van der Waals surface area contributed by atoms with Crippen LogP contribution in [0.5, 0.6) is 0 Å². The van der Waals surface area contributed by atoms with Gasteiger partial charge in [0, 0.05) is 31.7 Å². The van der Waals surface area contributed by atoms with Gasteiger partial charge in [0.15, 0.2) is 0 Å². The molecule has 1 saturated carbocycles. The second-order valence-electron chi connectivity index (χ2n) is 5.83. The molecule has 2 fully saturated rings. The van der Waals surface area contributed by atoms with E-state index in [1.807, 2.05) is 0 Å². The Morgan fingerprint density at radius 3 is 2.21 bits per heavy atom. The quantitative estimate of drug-likeness (QED) is 0.725. The van der Waals surface area contributed by atoms with Crippen molar-refractivity contribution in [2.45, 2.75) is 52.1 Å². The maximum absolute atomic E-state index is 3.59. The van der Waals surface area contributed by atoms with Crippen molar-refractivity contribution >= 4 is 0 Å². The Kier molecular flexibility index (Phi) is 2.85. The topological polar surface area (TPSA) is 15.3 Å². The molecule has 0 amide bonds. The molecular weight excluding hydrogens is 172 g/mol. The lowest BCUT2D eigenvalue weighted by molar-refractivity contribution is 0.0596. The molecule has 2 heteroatoms. The fourth-order valence-corrected chi connectivity index (χ4v) is 3.05. The molecule has 0 radical (unpaired) electrons. The van der Waals surface area contributed by atoms with E-state index in [1.165, 1.54) is 38.9 Å². The van der Waals surface area contributed by atoms with Gasteiger partial charge in [-0.2, -0.15) is 0 Å². The fourth-order valence-electron chi connectivity index (χ4n) is 3.05. The van der Waals surface area contributed by atoms with E-state index >= 15 is 0 Å². The van der Waals surface area contributed by atoms with Gasteiger partial charge in [-0.15, -0.1) is 0 Å². The number of hydrogen-bond donors (Lipinski definition) is 1. The molecule has 1 saturated heterocycles. The lowest BCUT2D eigenvalue weighted by Gasteiger charge is -2.45. The molecule has 1 heterocycles. The van der Waals surface area contributed by atoms with Crippen LogP contribution < -0.4 is 5.32 Å². The zero-order valence-corrected chi connectivity index (χ0v) is 9.84. The van der Waals surface area contributed by atoms with Crippen molar-refractivity contribution in [1.82, 2.24) is 10.2 Å². The van der Waals surface area contributed by atoms with Gasteiger partial charge in [0.05, 0.1) is 0 Å². The Morgan fingerprint density at radius 1 is 1.21 bits per heavy atom. The summed E-state index contributed by atoms with van der Waals surface area (Å²) in [6.45, 7) is 10.8. The summed E-state index contributed by atoms with van der Waals surface area (Å²) in [5, 5.41) is 3.59. The maximum Gasteiger partial charge on any atom is 0.0169 e. The van der Waals surface area contributed by atoms with Crippen molar-refractivity contribution in [1.29, 1.82) is 0 Å². The van der Waals surface area contributed by atoms with Crippen LogP contribution in [0.15, 0.2) is 0 Å². The van der Waals surface area contributed by atoms with Crippen molar-refractivity contribution in [3.05, 3.63) is 0 Å². The summed E-state index contributed by atoms with van der Waals surface area (Å²) in [7, 11) is 0. The SMILES string of the molecule is C[C@@H]1CN(CC2(C)CCC2)C[C@H](C)N1. The largest absolute Gasteiger partial charge is 0.309 e. The molecule has 1 aliphatic carbocycles. The predicted octanol–water partition coefficient (Wildman–Crippen LogP) is 1.86. The van der Waals surface area contributed by atoms with E-state index in [2.05, 4.69) is 31.0 Å². The first-order chi connectivity index (χ1) is 6.57. The molecule has 0 bridgehead atoms. The summed E-state index contributed by atoms with van der Waals surface area (Å²) in [6.07, 6.45) is 4.34. The standard InChI is InChI=1S/C12H24N2/c1-10-7-14(8-11(2)13-10)9-12(3)5-4-6-12/h10-11,13H,4-9H2,1-3H3/t10-,11+. The maximum atomic E-state index is 3.59. The van der Waals surface area contributed by atoms with Crippen LogP contribution in [0, 0.1) is 5.41 Å². The number of nitrogens with zero attached hydrogens (tertiary/aromatic N) is 1. The molecule has 1 aliphatic heterocycles. The van der Waals surface area contributed by atoms with Gasteiger partial charge in [-0.05, 0) is 32.1 Å². The van der Waals surface area contributed by atoms with E-state index < -0.39 is 0 Å². The lowest BCUT2D eigenvalue weighted by Crippen LogP contribution is -2.56. The minimum atomic E-state index is 0.650. The van der Waals surface area contributed by atoms with Gasteiger partial charge in [-0.3, -0.25) is 4.90 Å². The number of nitrogens with one attached hydrogen (secondary N) is 1. The Balaban J connectivity index is 1.84. The molecule has 14 heavy (non-hydrogen) atoms. The molecule has 2 nitrogen and oxygen atoms in total. The third-order valence-corrected chi connectivity index (χ3v) is 3.80. The summed E-state index contributed by atoms with van der Waals surface area (Å²) in [6, 6.07) is 1.34. The van der Waals surface area contributed by atoms with E-state index in [1.54, 1.807) is 0 Å². The molecule has 0 aromatic rings. The normalized spacial score (nSPS) is 37.9. The Labute approximate surface area is 88.1 Å². The van der Waals surface area contributed by atoms with Gasteiger partial charge in [0.2, 0.25) is 0 Å². The summed E-state index contributed by atoms with van der Waals surface area (Å²) in [5.74, 6) is 0. The first kappa shape index (κ1) is 10.4. The highest BCUT2D eigenvalue weighted by molar-refractivity contribution is 4.90. The van der Waals surface area contributed by atoms with Crippen LogP contribution >= 0.6 is 0 Å². The Bertz CT molecular complexity index is 188. The number of hydrogen-bond acceptors (Lipinski definition) is 2. The van der Waals surface area contributed by atoms with Crippen molar-refractivity contribution in [2.24, 2.45) is 5.41 Å². The zero-order valence-electron chi connectivity index (χ0n) is 9.84. The van der Waals surface area contributed by atoms with Crippen LogP contribution in [0.25, 0.3) is 0 Å². The van der Waals surface area contributed by atoms with Crippen LogP contribution in [0.3, 0.4) is 0 Å². The van der Waals surface area contributed by atoms with E-state index in [4.69, 9.17) is 0 Å². The summed E-state index contributed by atoms with van der Waals surface area (Å²) in [5.41, 5.74) is 0.650. The van der Waals surface area contributed by atoms with Crippen LogP contribution in [-0.2, 0) is 0 Å². The number of rotatable bonds is 2. The third kappa shape index (κ3) is 2.29. The van der Waals surface area contributed by atoms with Gasteiger partial charge in [-0.25, -0.2) is 0 Å². The molecule has 82 valence electrons. The highest BCUT2D eigenvalue weighted by Crippen LogP contribution is 2.41. The van der Waals surface area contributed by atoms with Crippen molar-refractivity contribution in [3.63, 3.8) is 0 Å². The van der Waals surface area contributed by atoms with Gasteiger partial charge in [0.25, 0.3) is 0 Å². The summed E-state index contributed by atoms with van der Waals surface area (Å²) < 4.78 is 0. The average Bonchev–Trinajstić information content (AvgIpc) is 1.99. The molecule has 2 atom stereocenters. The number of piperazine rings is 1. The third-order valence-electron chi connectivity index (χ3n) is 3.80. The van der Waals surface area contributed by atoms with Gasteiger partial charge < -0.3 is 5.32 Å². The van der Waals surface area contributed by atoms with Crippen LogP contribution in [0.2, 0.25) is 0 Å². The van der Waals surface area contributed by atoms with Crippen LogP contribution in [0.1, 0.15) is 40.0 Å². The Morgan fingerprint density at radius 2 is 1.79 bits per heavy atom. The predicted molar refractivity (Wildman–Crippen MR) is 60.5 cm³/mol. The van der Waals surface area contributed by atoms with Crippen molar-refractivity contribution in [3.8, 4) is 0 Å². The highest BCUT2D eigenvalue weighted by atomic mass is 15.2. The summed E-state index contributed by atoms with van der Waals surface area (Å²) >= 11 is 0. The monoisotopic (exact) mass is 196 g/mol. The van der Waals surface area contributed by atoms with E-state index in [0.717, 1.165) is 0 Å². The molecule has 0 unspecified atom stereocenters. The molecule has 0 aromatic carbocycles. The van der Waals surface area contributed by atoms with Gasteiger partial charge in [-0.1, -0.05) is 13.3 Å². The fraction of sp³-hybridized carbons (Fsp3) is 1.00. The Hall–Kier alpha value is -0.0800. The zero-order chi connectivity index (χ0) is 10.2. The second-order valence-corrected chi connectivity index (χ2v) is 5.83. The first-order valence-electron chi connectivity index (χ1n) is 6.06. The average molecular weight is 196 g/mol. The van der Waals surface area contributed by atoms with Crippen LogP contribution in [0.4, 0.5) is 0 Å². The smallest absolute Gasteiger partial charge is 0.0169 e. The van der Waals surface area contributed by atoms with E-state index in [9.17, 15) is 0 Å². The first-order valence-corrected chi connectivity index (χ1v) is 6.06. The van der Waals surface area contributed by atoms with E-state index in [-0.39, 0.29) is 0 Å². The molecular formula is C12H24N2. The van der Waals surface area contributed by atoms with Crippen LogP contribution in [-0.4, -0.2) is 36.6 Å². The minimum Gasteiger partial charge on any atom is -0.309 e. The van der Waals surface area contributed by atoms with E-state index in [0.29, 0.717) is 17.5 Å². The van der Waals surface area contributed by atoms with Crippen molar-refractivity contribution in [2.75, 3.05) is 19.6 Å². The van der Waals surface area contributed by atoms with Crippen molar-refractivity contribution < 1.29 is 0 Å².